The number of carbonyl (C=O) groups is 4. The summed E-state index contributed by atoms with van der Waals surface area (Å²) in [4.78, 5) is 62.8. The molecule has 276 valence electrons. The molecular formula is C42H46N4O7. The Morgan fingerprint density at radius 3 is 2.28 bits per heavy atom. The average molecular weight is 719 g/mol. The maximum atomic E-state index is 15.3. The lowest BCUT2D eigenvalue weighted by molar-refractivity contribution is -0.160. The third-order valence-corrected chi connectivity index (χ3v) is 11.0. The fourth-order valence-corrected chi connectivity index (χ4v) is 8.35. The van der Waals surface area contributed by atoms with Crippen LogP contribution in [0.4, 0.5) is 11.4 Å². The van der Waals surface area contributed by atoms with Gasteiger partial charge >= 0.3 is 5.97 Å². The standard InChI is InChI=1S/C42H46N4O7/c1-3-44(4-2)30-19-21-31(22-20-30)45-25-13-7-12-18-35(48)43-26-34(29-16-10-6-11-17-29)52-41(51)36-33-23-24-42(53-33)37(36)39(49)46(38(42)40(45)50)32(27-47)28-14-8-5-9-15-28/h5-11,13-17,19-24,32-34,36-38,47H,3-4,12,18,25-27H2,1-2H3,(H,43,48)/b13-7-/t32-,33-,34-,36+,37+,38-,42+/m1/s1. The average Bonchev–Trinajstić information content (AvgIpc) is 3.83. The van der Waals surface area contributed by atoms with E-state index in [1.165, 1.54) is 4.90 Å². The molecule has 2 N–H and O–H groups in total. The molecule has 0 radical (unpaired) electrons. The number of fused-ring (bicyclic) bond motifs is 2. The third-order valence-electron chi connectivity index (χ3n) is 11.0. The monoisotopic (exact) mass is 718 g/mol. The second kappa shape index (κ2) is 15.4. The molecule has 7 atom stereocenters. The Kier molecular flexibility index (Phi) is 10.5. The van der Waals surface area contributed by atoms with E-state index in [0.717, 1.165) is 18.8 Å². The number of nitrogens with one attached hydrogen (secondary N) is 1. The fraction of sp³-hybridized carbons (Fsp3) is 0.381. The molecule has 11 heteroatoms. The van der Waals surface area contributed by atoms with Gasteiger partial charge in [-0.3, -0.25) is 19.2 Å². The molecule has 4 aliphatic heterocycles. The number of allylic oxidation sites excluding steroid dienone is 1. The van der Waals surface area contributed by atoms with Crippen molar-refractivity contribution >= 4 is 35.1 Å². The molecule has 0 aromatic heterocycles. The number of anilines is 2. The van der Waals surface area contributed by atoms with E-state index in [-0.39, 0.29) is 25.4 Å². The van der Waals surface area contributed by atoms with Crippen LogP contribution in [0.25, 0.3) is 0 Å². The second-order valence-electron chi connectivity index (χ2n) is 13.8. The maximum absolute atomic E-state index is 15.3. The summed E-state index contributed by atoms with van der Waals surface area (Å²) in [5, 5.41) is 13.8. The van der Waals surface area contributed by atoms with E-state index in [1.807, 2.05) is 97.1 Å². The summed E-state index contributed by atoms with van der Waals surface area (Å²) >= 11 is 0. The topological polar surface area (TPSA) is 129 Å². The number of rotatable bonds is 8. The Morgan fingerprint density at radius 1 is 0.906 bits per heavy atom. The molecule has 7 rings (SSSR count). The number of cyclic esters (lactones) is 1. The van der Waals surface area contributed by atoms with Crippen LogP contribution in [0.1, 0.15) is 50.0 Å². The van der Waals surface area contributed by atoms with Crippen molar-refractivity contribution in [2.24, 2.45) is 11.8 Å². The Morgan fingerprint density at radius 2 is 1.60 bits per heavy atom. The summed E-state index contributed by atoms with van der Waals surface area (Å²) in [6.07, 6.45) is 6.19. The van der Waals surface area contributed by atoms with E-state index in [2.05, 4.69) is 24.1 Å². The van der Waals surface area contributed by atoms with Crippen molar-refractivity contribution in [2.45, 2.75) is 56.6 Å². The lowest BCUT2D eigenvalue weighted by atomic mass is 9.74. The van der Waals surface area contributed by atoms with Gasteiger partial charge in [0.05, 0.1) is 31.2 Å². The predicted molar refractivity (Wildman–Crippen MR) is 200 cm³/mol. The van der Waals surface area contributed by atoms with Crippen LogP contribution in [0.3, 0.4) is 0 Å². The molecule has 0 unspecified atom stereocenters. The summed E-state index contributed by atoms with van der Waals surface area (Å²) in [7, 11) is 0. The van der Waals surface area contributed by atoms with E-state index in [1.54, 1.807) is 17.1 Å². The van der Waals surface area contributed by atoms with Gasteiger partial charge in [0, 0.05) is 37.4 Å². The molecule has 2 saturated heterocycles. The molecule has 1 spiro atoms. The second-order valence-corrected chi connectivity index (χ2v) is 13.8. The molecule has 2 fully saturated rings. The first-order valence-corrected chi connectivity index (χ1v) is 18.5. The molecule has 0 aliphatic carbocycles. The van der Waals surface area contributed by atoms with Gasteiger partial charge in [-0.25, -0.2) is 0 Å². The SMILES string of the molecule is CCN(CC)c1ccc(N2C/C=C\CCC(=O)NC[C@H](c3ccccc3)OC(=O)[C@@H]3[C@H]4C(=O)N([C@H](CO)c5ccccc5)[C@H](C2=O)[C@]42C=C[C@H]3O2)cc1. The number of benzene rings is 3. The van der Waals surface area contributed by atoms with Gasteiger partial charge in [-0.05, 0) is 55.7 Å². The Bertz CT molecular complexity index is 1860. The number of hydrogen-bond donors (Lipinski definition) is 2. The van der Waals surface area contributed by atoms with E-state index < -0.39 is 66.1 Å². The summed E-state index contributed by atoms with van der Waals surface area (Å²) in [6.45, 7) is 5.54. The highest BCUT2D eigenvalue weighted by Crippen LogP contribution is 2.57. The van der Waals surface area contributed by atoms with Crippen molar-refractivity contribution in [2.75, 3.05) is 42.6 Å². The summed E-state index contributed by atoms with van der Waals surface area (Å²) in [6, 6.07) is 23.8. The molecule has 3 aromatic rings. The highest BCUT2D eigenvalue weighted by Gasteiger charge is 2.74. The third kappa shape index (κ3) is 6.64. The highest BCUT2D eigenvalue weighted by atomic mass is 16.6. The molecule has 5 bridgehead atoms. The van der Waals surface area contributed by atoms with Crippen LogP contribution in [0.2, 0.25) is 0 Å². The van der Waals surface area contributed by atoms with E-state index >= 15 is 4.79 Å². The number of likely N-dealkylation sites (tertiary alicyclic amines) is 1. The van der Waals surface area contributed by atoms with Crippen LogP contribution in [0.15, 0.2) is 109 Å². The zero-order valence-electron chi connectivity index (χ0n) is 30.0. The lowest BCUT2D eigenvalue weighted by Crippen LogP contribution is -2.57. The van der Waals surface area contributed by atoms with Crippen molar-refractivity contribution in [3.8, 4) is 0 Å². The van der Waals surface area contributed by atoms with E-state index in [9.17, 15) is 19.5 Å². The van der Waals surface area contributed by atoms with Crippen LogP contribution in [-0.4, -0.2) is 84.2 Å². The molecule has 11 nitrogen and oxygen atoms in total. The molecule has 53 heavy (non-hydrogen) atoms. The van der Waals surface area contributed by atoms with Gasteiger partial charge in [0.25, 0.3) is 5.91 Å². The Hall–Kier alpha value is -5.26. The van der Waals surface area contributed by atoms with Crippen LogP contribution in [0.5, 0.6) is 0 Å². The van der Waals surface area contributed by atoms with Crippen LogP contribution in [-0.2, 0) is 28.7 Å². The minimum absolute atomic E-state index is 0.0429. The number of carbonyl (C=O) groups excluding carboxylic acids is 4. The number of nitrogens with zero attached hydrogens (tertiary/aromatic N) is 3. The van der Waals surface area contributed by atoms with Gasteiger partial charge in [0.15, 0.2) is 0 Å². The number of aliphatic hydroxyl groups excluding tert-OH is 1. The number of ether oxygens (including phenoxy) is 2. The minimum atomic E-state index is -1.50. The fourth-order valence-electron chi connectivity index (χ4n) is 8.35. The Balaban J connectivity index is 1.34. The zero-order valence-corrected chi connectivity index (χ0v) is 30.0. The van der Waals surface area contributed by atoms with Crippen molar-refractivity contribution < 1.29 is 33.8 Å². The summed E-state index contributed by atoms with van der Waals surface area (Å²) in [5.41, 5.74) is 1.45. The van der Waals surface area contributed by atoms with Crippen molar-refractivity contribution in [1.82, 2.24) is 10.2 Å². The van der Waals surface area contributed by atoms with Gasteiger partial charge in [0.2, 0.25) is 11.8 Å². The first-order chi connectivity index (χ1) is 25.8. The molecule has 3 aromatic carbocycles. The Labute approximate surface area is 309 Å². The number of hydrogen-bond acceptors (Lipinski definition) is 8. The predicted octanol–water partition coefficient (Wildman–Crippen LogP) is 4.50. The lowest BCUT2D eigenvalue weighted by Gasteiger charge is -2.39. The van der Waals surface area contributed by atoms with Gasteiger partial charge in [-0.15, -0.1) is 0 Å². The molecule has 4 aliphatic rings. The molecule has 0 saturated carbocycles. The molecule has 4 heterocycles. The van der Waals surface area contributed by atoms with E-state index in [0.29, 0.717) is 23.2 Å². The smallest absolute Gasteiger partial charge is 0.313 e. The number of amides is 3. The van der Waals surface area contributed by atoms with Gasteiger partial charge in [-0.1, -0.05) is 85.0 Å². The number of aliphatic hydroxyl groups is 1. The molecular weight excluding hydrogens is 672 g/mol. The van der Waals surface area contributed by atoms with Gasteiger partial charge in [0.1, 0.15) is 23.7 Å². The molecule has 3 amide bonds. The summed E-state index contributed by atoms with van der Waals surface area (Å²) < 4.78 is 12.8. The largest absolute Gasteiger partial charge is 0.455 e. The quantitative estimate of drug-likeness (QED) is 0.258. The maximum Gasteiger partial charge on any atom is 0.313 e. The van der Waals surface area contributed by atoms with Crippen molar-refractivity contribution in [1.29, 1.82) is 0 Å². The van der Waals surface area contributed by atoms with E-state index in [4.69, 9.17) is 9.47 Å². The minimum Gasteiger partial charge on any atom is -0.455 e. The first-order valence-electron chi connectivity index (χ1n) is 18.5. The van der Waals surface area contributed by atoms with Crippen LogP contribution < -0.4 is 15.1 Å². The van der Waals surface area contributed by atoms with Crippen LogP contribution >= 0.6 is 0 Å². The summed E-state index contributed by atoms with van der Waals surface area (Å²) in [5.74, 6) is -3.92. The highest BCUT2D eigenvalue weighted by molar-refractivity contribution is 6.05. The zero-order chi connectivity index (χ0) is 37.1. The van der Waals surface area contributed by atoms with Gasteiger partial charge in [-0.2, -0.15) is 0 Å². The number of esters is 1. The normalized spacial score (nSPS) is 28.4. The van der Waals surface area contributed by atoms with Crippen molar-refractivity contribution in [3.05, 3.63) is 120 Å². The van der Waals surface area contributed by atoms with Crippen LogP contribution in [0, 0.1) is 11.8 Å². The van der Waals surface area contributed by atoms with Crippen molar-refractivity contribution in [3.63, 3.8) is 0 Å². The van der Waals surface area contributed by atoms with Gasteiger partial charge < -0.3 is 34.6 Å². The first kappa shape index (κ1) is 36.1.